The van der Waals surface area contributed by atoms with Crippen molar-refractivity contribution in [2.75, 3.05) is 13.1 Å². The van der Waals surface area contributed by atoms with Crippen molar-refractivity contribution >= 4 is 11.7 Å². The van der Waals surface area contributed by atoms with Gasteiger partial charge in [-0.3, -0.25) is 9.59 Å². The van der Waals surface area contributed by atoms with Crippen molar-refractivity contribution in [2.45, 2.75) is 19.8 Å². The van der Waals surface area contributed by atoms with Crippen LogP contribution in [0.4, 0.5) is 0 Å². The first-order valence-corrected chi connectivity index (χ1v) is 9.91. The van der Waals surface area contributed by atoms with Crippen LogP contribution in [0.15, 0.2) is 66.9 Å². The summed E-state index contributed by atoms with van der Waals surface area (Å²) in [6.07, 6.45) is 3.21. The summed E-state index contributed by atoms with van der Waals surface area (Å²) in [5.41, 5.74) is 2.71. The molecular weight excluding hydrogens is 362 g/mol. The van der Waals surface area contributed by atoms with Crippen LogP contribution in [0.1, 0.15) is 39.4 Å². The average molecular weight is 385 g/mol. The van der Waals surface area contributed by atoms with E-state index in [0.717, 1.165) is 18.4 Å². The van der Waals surface area contributed by atoms with Crippen LogP contribution in [-0.4, -0.2) is 39.6 Å². The largest absolute Gasteiger partial charge is 0.338 e. The van der Waals surface area contributed by atoms with E-state index in [2.05, 4.69) is 9.97 Å². The Morgan fingerprint density at radius 2 is 1.69 bits per heavy atom. The Labute approximate surface area is 170 Å². The average Bonchev–Trinajstić information content (AvgIpc) is 2.79. The zero-order valence-electron chi connectivity index (χ0n) is 16.4. The molecule has 1 aliphatic rings. The third-order valence-corrected chi connectivity index (χ3v) is 5.32. The number of nitrogens with zero attached hydrogens (tertiary/aromatic N) is 3. The number of benzene rings is 2. The smallest absolute Gasteiger partial charge is 0.257 e. The van der Waals surface area contributed by atoms with Crippen LogP contribution in [0.3, 0.4) is 0 Å². The third-order valence-electron chi connectivity index (χ3n) is 5.32. The Hall–Kier alpha value is -3.34. The molecule has 0 aliphatic carbocycles. The van der Waals surface area contributed by atoms with E-state index in [9.17, 15) is 9.59 Å². The predicted octanol–water partition coefficient (Wildman–Crippen LogP) is 4.19. The van der Waals surface area contributed by atoms with Gasteiger partial charge in [-0.15, -0.1) is 0 Å². The van der Waals surface area contributed by atoms with Gasteiger partial charge in [0.15, 0.2) is 5.78 Å². The van der Waals surface area contributed by atoms with Gasteiger partial charge in [-0.05, 0) is 19.8 Å². The van der Waals surface area contributed by atoms with E-state index >= 15 is 0 Å². The molecule has 1 saturated heterocycles. The summed E-state index contributed by atoms with van der Waals surface area (Å²) in [4.78, 5) is 36.8. The Morgan fingerprint density at radius 1 is 1.00 bits per heavy atom. The van der Waals surface area contributed by atoms with Crippen LogP contribution in [0.2, 0.25) is 0 Å². The number of hydrogen-bond donors (Lipinski definition) is 0. The minimum atomic E-state index is -0.179. The number of likely N-dealkylation sites (tertiary alicyclic amines) is 1. The minimum absolute atomic E-state index is 0.103. The molecule has 4 rings (SSSR count). The summed E-state index contributed by atoms with van der Waals surface area (Å²) in [5, 5.41) is 0. The van der Waals surface area contributed by atoms with Gasteiger partial charge in [0.2, 0.25) is 0 Å². The zero-order valence-corrected chi connectivity index (χ0v) is 16.4. The van der Waals surface area contributed by atoms with Crippen molar-refractivity contribution in [3.05, 3.63) is 83.8 Å². The van der Waals surface area contributed by atoms with Crippen LogP contribution < -0.4 is 0 Å². The number of ketones is 1. The minimum Gasteiger partial charge on any atom is -0.338 e. The maximum atomic E-state index is 13.3. The second-order valence-electron chi connectivity index (χ2n) is 7.37. The highest BCUT2D eigenvalue weighted by atomic mass is 16.2. The molecular formula is C24H23N3O2. The number of piperidine rings is 1. The lowest BCUT2D eigenvalue weighted by Crippen LogP contribution is -2.42. The summed E-state index contributed by atoms with van der Waals surface area (Å²) in [6, 6.07) is 19.0. The molecule has 0 bridgehead atoms. The number of amides is 1. The highest BCUT2D eigenvalue weighted by molar-refractivity contribution is 6.01. The van der Waals surface area contributed by atoms with Gasteiger partial charge in [0.1, 0.15) is 5.82 Å². The van der Waals surface area contributed by atoms with Gasteiger partial charge >= 0.3 is 0 Å². The van der Waals surface area contributed by atoms with Gasteiger partial charge in [0, 0.05) is 36.3 Å². The fraction of sp³-hybridized carbons (Fsp3) is 0.250. The molecule has 0 unspecified atom stereocenters. The normalized spacial score (nSPS) is 16.4. The van der Waals surface area contributed by atoms with E-state index in [1.54, 1.807) is 11.1 Å². The second kappa shape index (κ2) is 8.35. The molecule has 1 atom stereocenters. The van der Waals surface area contributed by atoms with Crippen molar-refractivity contribution in [1.82, 2.24) is 14.9 Å². The van der Waals surface area contributed by atoms with E-state index in [1.165, 1.54) is 0 Å². The summed E-state index contributed by atoms with van der Waals surface area (Å²) >= 11 is 0. The molecule has 5 nitrogen and oxygen atoms in total. The monoisotopic (exact) mass is 385 g/mol. The van der Waals surface area contributed by atoms with E-state index in [-0.39, 0.29) is 17.6 Å². The summed E-state index contributed by atoms with van der Waals surface area (Å²) in [6.45, 7) is 2.88. The Bertz CT molecular complexity index is 1020. The van der Waals surface area contributed by atoms with Crippen molar-refractivity contribution in [3.63, 3.8) is 0 Å². The van der Waals surface area contributed by atoms with E-state index in [4.69, 9.17) is 0 Å². The lowest BCUT2D eigenvalue weighted by atomic mass is 9.89. The molecule has 0 radical (unpaired) electrons. The standard InChI is InChI=1S/C24H23N3O2/c1-17-25-15-21(22(26-17)18-9-4-2-5-10-18)24(29)27-14-8-13-20(16-27)23(28)19-11-6-3-7-12-19/h2-7,9-12,15,20H,8,13-14,16H2,1H3/t20-/m1/s1. The van der Waals surface area contributed by atoms with Gasteiger partial charge < -0.3 is 4.90 Å². The second-order valence-corrected chi connectivity index (χ2v) is 7.37. The van der Waals surface area contributed by atoms with Gasteiger partial charge in [-0.2, -0.15) is 0 Å². The molecule has 1 aromatic heterocycles. The molecule has 0 N–H and O–H groups in total. The molecule has 2 heterocycles. The van der Waals surface area contributed by atoms with Crippen molar-refractivity contribution < 1.29 is 9.59 Å². The van der Waals surface area contributed by atoms with Crippen molar-refractivity contribution in [2.24, 2.45) is 5.92 Å². The number of rotatable bonds is 4. The number of Topliss-reactive ketones (excluding diaryl/α,β-unsaturated/α-hetero) is 1. The zero-order chi connectivity index (χ0) is 20.2. The molecule has 1 amide bonds. The first kappa shape index (κ1) is 19.0. The van der Waals surface area contributed by atoms with E-state index < -0.39 is 0 Å². The van der Waals surface area contributed by atoms with Crippen LogP contribution in [0.25, 0.3) is 11.3 Å². The number of aromatic nitrogens is 2. The van der Waals surface area contributed by atoms with Crippen LogP contribution in [0.5, 0.6) is 0 Å². The molecule has 1 fully saturated rings. The van der Waals surface area contributed by atoms with Gasteiger partial charge in [0.05, 0.1) is 11.3 Å². The Kier molecular flexibility index (Phi) is 5.47. The molecule has 0 saturated carbocycles. The van der Waals surface area contributed by atoms with Gasteiger partial charge in [-0.25, -0.2) is 9.97 Å². The highest BCUT2D eigenvalue weighted by Crippen LogP contribution is 2.26. The number of carbonyl (C=O) groups excluding carboxylic acids is 2. The first-order chi connectivity index (χ1) is 14.1. The summed E-state index contributed by atoms with van der Waals surface area (Å²) in [7, 11) is 0. The highest BCUT2D eigenvalue weighted by Gasteiger charge is 2.30. The molecule has 1 aliphatic heterocycles. The molecule has 3 aromatic rings. The predicted molar refractivity (Wildman–Crippen MR) is 112 cm³/mol. The van der Waals surface area contributed by atoms with Crippen LogP contribution >= 0.6 is 0 Å². The Balaban J connectivity index is 1.59. The van der Waals surface area contributed by atoms with Crippen molar-refractivity contribution in [3.8, 4) is 11.3 Å². The summed E-state index contributed by atoms with van der Waals surface area (Å²) in [5.74, 6) is 0.429. The summed E-state index contributed by atoms with van der Waals surface area (Å²) < 4.78 is 0. The van der Waals surface area contributed by atoms with Crippen molar-refractivity contribution in [1.29, 1.82) is 0 Å². The number of aryl methyl sites for hydroxylation is 1. The molecule has 29 heavy (non-hydrogen) atoms. The fourth-order valence-electron chi connectivity index (χ4n) is 3.83. The molecule has 146 valence electrons. The SMILES string of the molecule is Cc1ncc(C(=O)N2CCC[C@@H](C(=O)c3ccccc3)C2)c(-c2ccccc2)n1. The maximum absolute atomic E-state index is 13.3. The van der Waals surface area contributed by atoms with Crippen LogP contribution in [-0.2, 0) is 0 Å². The fourth-order valence-corrected chi connectivity index (χ4v) is 3.83. The lowest BCUT2D eigenvalue weighted by molar-refractivity contribution is 0.0637. The quantitative estimate of drug-likeness (QED) is 0.632. The lowest BCUT2D eigenvalue weighted by Gasteiger charge is -2.32. The van der Waals surface area contributed by atoms with Gasteiger partial charge in [-0.1, -0.05) is 60.7 Å². The maximum Gasteiger partial charge on any atom is 0.257 e. The van der Waals surface area contributed by atoms with Gasteiger partial charge in [0.25, 0.3) is 5.91 Å². The Morgan fingerprint density at radius 3 is 2.41 bits per heavy atom. The van der Waals surface area contributed by atoms with E-state index in [0.29, 0.717) is 35.7 Å². The topological polar surface area (TPSA) is 63.2 Å². The molecule has 0 spiro atoms. The van der Waals surface area contributed by atoms with E-state index in [1.807, 2.05) is 67.6 Å². The molecule has 2 aromatic carbocycles. The first-order valence-electron chi connectivity index (χ1n) is 9.91. The third kappa shape index (κ3) is 4.09. The number of hydrogen-bond acceptors (Lipinski definition) is 4. The van der Waals surface area contributed by atoms with Crippen LogP contribution in [0, 0.1) is 12.8 Å². The number of carbonyl (C=O) groups is 2. The molecule has 5 heteroatoms.